The van der Waals surface area contributed by atoms with Crippen LogP contribution in [0.15, 0.2) is 42.5 Å². The number of hydrogen-bond donors (Lipinski definition) is 3. The first-order chi connectivity index (χ1) is 13.5. The van der Waals surface area contributed by atoms with Gasteiger partial charge in [0.05, 0.1) is 12.8 Å². The Kier molecular flexibility index (Phi) is 7.99. The zero-order valence-corrected chi connectivity index (χ0v) is 16.9. The summed E-state index contributed by atoms with van der Waals surface area (Å²) < 4.78 is 18.6. The fourth-order valence-electron chi connectivity index (χ4n) is 3.48. The van der Waals surface area contributed by atoms with Gasteiger partial charge in [0.25, 0.3) is 5.91 Å². The van der Waals surface area contributed by atoms with Crippen LogP contribution >= 0.6 is 12.4 Å². The lowest BCUT2D eigenvalue weighted by atomic mass is 10.00. The van der Waals surface area contributed by atoms with E-state index in [1.807, 2.05) is 0 Å². The van der Waals surface area contributed by atoms with Gasteiger partial charge in [-0.2, -0.15) is 0 Å². The first-order valence-corrected chi connectivity index (χ1v) is 9.26. The minimum absolute atomic E-state index is 0. The molecule has 1 fully saturated rings. The third kappa shape index (κ3) is 5.92. The minimum Gasteiger partial charge on any atom is -0.495 e. The number of nitrogens with one attached hydrogen (secondary N) is 2. The average Bonchev–Trinajstić information content (AvgIpc) is 3.06. The summed E-state index contributed by atoms with van der Waals surface area (Å²) in [5.41, 5.74) is 7.14. The third-order valence-corrected chi connectivity index (χ3v) is 4.98. The predicted octanol–water partition coefficient (Wildman–Crippen LogP) is 3.96. The standard InChI is InChI=1S/C21H24FN3O3.ClH/c1-28-19-9-8-16(24-20(26)11-13-4-3-7-17(13)23)12-18(19)25-21(27)14-5-2-6-15(22)10-14;/h2,5-6,8-10,12-13,17H,3-4,7,11,23H2,1H3,(H,24,26)(H,25,27);1H/t13-,17+;/m0./s1. The Bertz CT molecular complexity index is 878. The van der Waals surface area contributed by atoms with Gasteiger partial charge in [-0.3, -0.25) is 9.59 Å². The summed E-state index contributed by atoms with van der Waals surface area (Å²) in [4.78, 5) is 24.7. The molecule has 4 N–H and O–H groups in total. The number of ether oxygens (including phenoxy) is 1. The summed E-state index contributed by atoms with van der Waals surface area (Å²) in [6.07, 6.45) is 3.35. The summed E-state index contributed by atoms with van der Waals surface area (Å²) in [7, 11) is 1.48. The molecule has 0 radical (unpaired) electrons. The first-order valence-electron chi connectivity index (χ1n) is 9.26. The van der Waals surface area contributed by atoms with Gasteiger partial charge < -0.3 is 21.1 Å². The highest BCUT2D eigenvalue weighted by atomic mass is 35.5. The number of halogens is 2. The molecule has 3 rings (SSSR count). The minimum atomic E-state index is -0.495. The monoisotopic (exact) mass is 421 g/mol. The average molecular weight is 422 g/mol. The van der Waals surface area contributed by atoms with Crippen molar-refractivity contribution in [2.45, 2.75) is 31.7 Å². The number of anilines is 2. The van der Waals surface area contributed by atoms with Crippen LogP contribution in [0.5, 0.6) is 5.75 Å². The second kappa shape index (κ2) is 10.2. The first kappa shape index (κ1) is 22.6. The Labute approximate surface area is 175 Å². The van der Waals surface area contributed by atoms with E-state index in [0.717, 1.165) is 25.3 Å². The van der Waals surface area contributed by atoms with Gasteiger partial charge in [0.15, 0.2) is 0 Å². The summed E-state index contributed by atoms with van der Waals surface area (Å²) >= 11 is 0. The lowest BCUT2D eigenvalue weighted by Crippen LogP contribution is -2.28. The van der Waals surface area contributed by atoms with Crippen LogP contribution in [-0.2, 0) is 4.79 Å². The number of nitrogens with two attached hydrogens (primary N) is 1. The van der Waals surface area contributed by atoms with E-state index in [9.17, 15) is 14.0 Å². The second-order valence-corrected chi connectivity index (χ2v) is 6.99. The molecule has 0 aromatic heterocycles. The molecular weight excluding hydrogens is 397 g/mol. The van der Waals surface area contributed by atoms with Gasteiger partial charge in [-0.15, -0.1) is 12.4 Å². The molecule has 2 amide bonds. The number of carbonyl (C=O) groups is 2. The normalized spacial score (nSPS) is 17.9. The zero-order valence-electron chi connectivity index (χ0n) is 16.1. The van der Waals surface area contributed by atoms with Crippen LogP contribution in [-0.4, -0.2) is 25.0 Å². The Balaban J connectivity index is 0.00000300. The van der Waals surface area contributed by atoms with Gasteiger partial charge in [-0.25, -0.2) is 4.39 Å². The molecule has 0 heterocycles. The van der Waals surface area contributed by atoms with Gasteiger partial charge in [0.2, 0.25) is 5.91 Å². The van der Waals surface area contributed by atoms with Crippen LogP contribution in [0.25, 0.3) is 0 Å². The quantitative estimate of drug-likeness (QED) is 0.658. The number of carbonyl (C=O) groups excluding carboxylic acids is 2. The lowest BCUT2D eigenvalue weighted by molar-refractivity contribution is -0.117. The van der Waals surface area contributed by atoms with E-state index in [1.165, 1.54) is 25.3 Å². The number of amides is 2. The number of methoxy groups -OCH3 is 1. The van der Waals surface area contributed by atoms with Gasteiger partial charge in [-0.05, 0) is 55.2 Å². The van der Waals surface area contributed by atoms with Crippen LogP contribution in [0.2, 0.25) is 0 Å². The predicted molar refractivity (Wildman–Crippen MR) is 113 cm³/mol. The van der Waals surface area contributed by atoms with Gasteiger partial charge in [0, 0.05) is 23.7 Å². The van der Waals surface area contributed by atoms with Crippen molar-refractivity contribution in [1.29, 1.82) is 0 Å². The number of rotatable bonds is 6. The van der Waals surface area contributed by atoms with Gasteiger partial charge >= 0.3 is 0 Å². The van der Waals surface area contributed by atoms with E-state index < -0.39 is 11.7 Å². The Morgan fingerprint density at radius 1 is 1.17 bits per heavy atom. The molecule has 156 valence electrons. The molecule has 8 heteroatoms. The molecule has 0 spiro atoms. The van der Waals surface area contributed by atoms with E-state index >= 15 is 0 Å². The maximum atomic E-state index is 13.4. The largest absolute Gasteiger partial charge is 0.495 e. The number of hydrogen-bond acceptors (Lipinski definition) is 4. The van der Waals surface area contributed by atoms with Crippen molar-refractivity contribution in [2.24, 2.45) is 11.7 Å². The van der Waals surface area contributed by atoms with Gasteiger partial charge in [-0.1, -0.05) is 12.5 Å². The van der Waals surface area contributed by atoms with Crippen molar-refractivity contribution in [3.63, 3.8) is 0 Å². The SMILES string of the molecule is COc1ccc(NC(=O)C[C@@H]2CCC[C@H]2N)cc1NC(=O)c1cccc(F)c1.Cl. The van der Waals surface area contributed by atoms with Crippen molar-refractivity contribution in [3.05, 3.63) is 53.8 Å². The third-order valence-electron chi connectivity index (χ3n) is 4.98. The Hall–Kier alpha value is -2.64. The van der Waals surface area contributed by atoms with Crippen LogP contribution in [0.3, 0.4) is 0 Å². The van der Waals surface area contributed by atoms with Crippen molar-refractivity contribution >= 4 is 35.6 Å². The molecule has 0 saturated heterocycles. The molecular formula is C21H25ClFN3O3. The van der Waals surface area contributed by atoms with Gasteiger partial charge in [0.1, 0.15) is 11.6 Å². The topological polar surface area (TPSA) is 93.4 Å². The van der Waals surface area contributed by atoms with Crippen LogP contribution in [0.1, 0.15) is 36.0 Å². The smallest absolute Gasteiger partial charge is 0.255 e. The molecule has 1 saturated carbocycles. The fourth-order valence-corrected chi connectivity index (χ4v) is 3.48. The zero-order chi connectivity index (χ0) is 20.1. The molecule has 2 atom stereocenters. The summed E-state index contributed by atoms with van der Waals surface area (Å²) in [6, 6.07) is 10.4. The molecule has 2 aromatic rings. The second-order valence-electron chi connectivity index (χ2n) is 6.99. The molecule has 1 aliphatic rings. The van der Waals surface area contributed by atoms with Crippen molar-refractivity contribution in [3.8, 4) is 5.75 Å². The summed E-state index contributed by atoms with van der Waals surface area (Å²) in [5.74, 6) is -0.454. The van der Waals surface area contributed by atoms with E-state index in [1.54, 1.807) is 18.2 Å². The summed E-state index contributed by atoms with van der Waals surface area (Å²) in [6.45, 7) is 0. The maximum Gasteiger partial charge on any atom is 0.255 e. The highest BCUT2D eigenvalue weighted by Crippen LogP contribution is 2.30. The molecule has 1 aliphatic carbocycles. The van der Waals surface area contributed by atoms with E-state index in [4.69, 9.17) is 10.5 Å². The molecule has 6 nitrogen and oxygen atoms in total. The van der Waals surface area contributed by atoms with E-state index in [0.29, 0.717) is 23.5 Å². The van der Waals surface area contributed by atoms with E-state index in [2.05, 4.69) is 10.6 Å². The van der Waals surface area contributed by atoms with E-state index in [-0.39, 0.29) is 35.8 Å². The fraction of sp³-hybridized carbons (Fsp3) is 0.333. The highest BCUT2D eigenvalue weighted by Gasteiger charge is 2.26. The molecule has 0 unspecified atom stereocenters. The van der Waals surface area contributed by atoms with Crippen LogP contribution in [0.4, 0.5) is 15.8 Å². The van der Waals surface area contributed by atoms with Crippen molar-refractivity contribution in [1.82, 2.24) is 0 Å². The molecule has 0 aliphatic heterocycles. The highest BCUT2D eigenvalue weighted by molar-refractivity contribution is 6.05. The van der Waals surface area contributed by atoms with Crippen LogP contribution < -0.4 is 21.1 Å². The van der Waals surface area contributed by atoms with Crippen molar-refractivity contribution < 1.29 is 18.7 Å². The van der Waals surface area contributed by atoms with Crippen LogP contribution in [0, 0.1) is 11.7 Å². The molecule has 0 bridgehead atoms. The van der Waals surface area contributed by atoms with Crippen molar-refractivity contribution in [2.75, 3.05) is 17.7 Å². The molecule has 29 heavy (non-hydrogen) atoms. The summed E-state index contributed by atoms with van der Waals surface area (Å²) in [5, 5.41) is 5.54. The Morgan fingerprint density at radius 2 is 1.97 bits per heavy atom. The number of benzene rings is 2. The lowest BCUT2D eigenvalue weighted by Gasteiger charge is -2.16. The Morgan fingerprint density at radius 3 is 2.62 bits per heavy atom. The maximum absolute atomic E-state index is 13.4. The molecule has 2 aromatic carbocycles.